The summed E-state index contributed by atoms with van der Waals surface area (Å²) in [7, 11) is -1.81. The van der Waals surface area contributed by atoms with Crippen LogP contribution in [0.4, 0.5) is 5.69 Å². The molecule has 0 radical (unpaired) electrons. The molecule has 1 fully saturated rings. The van der Waals surface area contributed by atoms with E-state index in [1.165, 1.54) is 5.56 Å². The first-order valence-corrected chi connectivity index (χ1v) is 8.07. The molecule has 0 amide bonds. The predicted molar refractivity (Wildman–Crippen MR) is 75.5 cm³/mol. The second-order valence-corrected chi connectivity index (χ2v) is 7.74. The highest BCUT2D eigenvalue weighted by Gasteiger charge is 2.18. The van der Waals surface area contributed by atoms with Gasteiger partial charge in [0, 0.05) is 30.8 Å². The van der Waals surface area contributed by atoms with Crippen LogP contribution in [-0.2, 0) is 9.52 Å². The molecule has 94 valence electrons. The Balaban J connectivity index is 2.16. The lowest BCUT2D eigenvalue weighted by Gasteiger charge is -2.30. The van der Waals surface area contributed by atoms with Crippen LogP contribution in [0.5, 0.6) is 0 Å². The molecule has 1 aromatic heterocycles. The minimum Gasteiger partial charge on any atom is -0.368 e. The normalized spacial score (nSPS) is 19.6. The van der Waals surface area contributed by atoms with Crippen molar-refractivity contribution in [2.45, 2.75) is 19.8 Å². The Bertz CT molecular complexity index is 480. The van der Waals surface area contributed by atoms with Crippen LogP contribution >= 0.6 is 0 Å². The van der Waals surface area contributed by atoms with Crippen LogP contribution in [-0.4, -0.2) is 39.7 Å². The summed E-state index contributed by atoms with van der Waals surface area (Å²) in [5, 5.41) is 0. The van der Waals surface area contributed by atoms with E-state index in [0.29, 0.717) is 17.4 Å². The van der Waals surface area contributed by atoms with Crippen molar-refractivity contribution in [3.05, 3.63) is 24.0 Å². The van der Waals surface area contributed by atoms with E-state index in [-0.39, 0.29) is 0 Å². The zero-order valence-electron chi connectivity index (χ0n) is 10.6. The molecule has 0 atom stereocenters. The molecule has 2 heterocycles. The Hall–Kier alpha value is -1.03. The summed E-state index contributed by atoms with van der Waals surface area (Å²) in [4.78, 5) is 6.55. The maximum atomic E-state index is 11.8. The third kappa shape index (κ3) is 3.00. The maximum Gasteiger partial charge on any atom is 0.0556 e. The first-order valence-electron chi connectivity index (χ1n) is 6.00. The molecule has 4 heteroatoms. The van der Waals surface area contributed by atoms with E-state index in [2.05, 4.69) is 35.7 Å². The van der Waals surface area contributed by atoms with Crippen molar-refractivity contribution in [3.8, 4) is 0 Å². The molecule has 2 rings (SSSR count). The maximum absolute atomic E-state index is 11.8. The lowest BCUT2D eigenvalue weighted by molar-refractivity contribution is 0.671. The molecule has 1 saturated heterocycles. The topological polar surface area (TPSA) is 33.2 Å². The third-order valence-corrected chi connectivity index (χ3v) is 5.10. The Morgan fingerprint density at radius 3 is 2.59 bits per heavy atom. The Morgan fingerprint density at radius 2 is 2.00 bits per heavy atom. The van der Waals surface area contributed by atoms with Gasteiger partial charge in [-0.15, -0.1) is 0 Å². The summed E-state index contributed by atoms with van der Waals surface area (Å²) >= 11 is 0. The van der Waals surface area contributed by atoms with Gasteiger partial charge < -0.3 is 4.90 Å². The van der Waals surface area contributed by atoms with E-state index in [4.69, 9.17) is 0 Å². The molecule has 0 unspecified atom stereocenters. The average molecular weight is 252 g/mol. The summed E-state index contributed by atoms with van der Waals surface area (Å²) in [6, 6.07) is 2.19. The van der Waals surface area contributed by atoms with Crippen molar-refractivity contribution in [1.29, 1.82) is 0 Å². The molecule has 0 aromatic carbocycles. The van der Waals surface area contributed by atoms with E-state index >= 15 is 0 Å². The van der Waals surface area contributed by atoms with Crippen molar-refractivity contribution in [2.24, 2.45) is 0 Å². The van der Waals surface area contributed by atoms with Gasteiger partial charge in [0.2, 0.25) is 0 Å². The Kier molecular flexibility index (Phi) is 3.43. The van der Waals surface area contributed by atoms with Gasteiger partial charge in [0.25, 0.3) is 0 Å². The molecule has 0 spiro atoms. The lowest BCUT2D eigenvalue weighted by atomic mass is 10.1. The van der Waals surface area contributed by atoms with Crippen molar-refractivity contribution in [2.75, 3.05) is 29.5 Å². The molecule has 1 aliphatic heterocycles. The number of nitrogens with zero attached hydrogens (tertiary/aromatic N) is 2. The van der Waals surface area contributed by atoms with Crippen molar-refractivity contribution in [3.63, 3.8) is 0 Å². The van der Waals surface area contributed by atoms with Crippen molar-refractivity contribution >= 4 is 21.1 Å². The smallest absolute Gasteiger partial charge is 0.0556 e. The molecular formula is C13H20N2OS. The van der Waals surface area contributed by atoms with Gasteiger partial charge in [-0.25, -0.2) is 0 Å². The standard InChI is InChI=1S/C13H20N2OS/c1-11(2)12-8-13(10-14-9-12)15-4-6-17(3,16)7-5-15/h8-11H,3-7H2,1-2H3. The number of anilines is 1. The molecule has 0 saturated carbocycles. The fraction of sp³-hybridized carbons (Fsp3) is 0.538. The summed E-state index contributed by atoms with van der Waals surface area (Å²) < 4.78 is 11.8. The predicted octanol–water partition coefficient (Wildman–Crippen LogP) is 1.74. The van der Waals surface area contributed by atoms with Gasteiger partial charge in [-0.1, -0.05) is 13.8 Å². The zero-order chi connectivity index (χ0) is 12.5. The molecule has 1 aromatic rings. The summed E-state index contributed by atoms with van der Waals surface area (Å²) in [6.07, 6.45) is 3.81. The van der Waals surface area contributed by atoms with Crippen LogP contribution in [0.1, 0.15) is 25.3 Å². The van der Waals surface area contributed by atoms with E-state index in [1.807, 2.05) is 12.4 Å². The van der Waals surface area contributed by atoms with Gasteiger partial charge in [0.1, 0.15) is 0 Å². The average Bonchev–Trinajstić information content (AvgIpc) is 2.29. The summed E-state index contributed by atoms with van der Waals surface area (Å²) in [5.74, 6) is 5.67. The van der Waals surface area contributed by atoms with Gasteiger partial charge in [-0.05, 0) is 32.9 Å². The second kappa shape index (κ2) is 4.69. The third-order valence-electron chi connectivity index (χ3n) is 3.24. The Labute approximate surface area is 104 Å². The highest BCUT2D eigenvalue weighted by molar-refractivity contribution is 8.00. The van der Waals surface area contributed by atoms with Crippen LogP contribution in [0.15, 0.2) is 18.5 Å². The Morgan fingerprint density at radius 1 is 1.35 bits per heavy atom. The van der Waals surface area contributed by atoms with Gasteiger partial charge >= 0.3 is 0 Å². The highest BCUT2D eigenvalue weighted by atomic mass is 32.2. The first kappa shape index (κ1) is 12.4. The number of aromatic nitrogens is 1. The lowest BCUT2D eigenvalue weighted by Crippen LogP contribution is -2.40. The summed E-state index contributed by atoms with van der Waals surface area (Å²) in [6.45, 7) is 5.98. The molecule has 0 N–H and O–H groups in total. The monoisotopic (exact) mass is 252 g/mol. The largest absolute Gasteiger partial charge is 0.368 e. The van der Waals surface area contributed by atoms with Crippen LogP contribution in [0.2, 0.25) is 0 Å². The van der Waals surface area contributed by atoms with E-state index in [1.54, 1.807) is 0 Å². The number of rotatable bonds is 2. The number of hydrogen-bond acceptors (Lipinski definition) is 3. The van der Waals surface area contributed by atoms with Crippen LogP contribution in [0, 0.1) is 0 Å². The van der Waals surface area contributed by atoms with Gasteiger partial charge in [-0.2, -0.15) is 0 Å². The van der Waals surface area contributed by atoms with Crippen molar-refractivity contribution < 1.29 is 4.21 Å². The van der Waals surface area contributed by atoms with Gasteiger partial charge in [0.15, 0.2) is 0 Å². The second-order valence-electron chi connectivity index (χ2n) is 4.99. The highest BCUT2D eigenvalue weighted by Crippen LogP contribution is 2.21. The molecule has 0 aliphatic carbocycles. The quantitative estimate of drug-likeness (QED) is 0.752. The van der Waals surface area contributed by atoms with Crippen LogP contribution in [0.3, 0.4) is 0 Å². The SMILES string of the molecule is C=S1(=O)CCN(c2cncc(C(C)C)c2)CC1. The van der Waals surface area contributed by atoms with Crippen LogP contribution < -0.4 is 4.90 Å². The van der Waals surface area contributed by atoms with E-state index in [9.17, 15) is 4.21 Å². The fourth-order valence-corrected chi connectivity index (χ4v) is 3.27. The molecule has 3 nitrogen and oxygen atoms in total. The zero-order valence-corrected chi connectivity index (χ0v) is 11.4. The van der Waals surface area contributed by atoms with E-state index < -0.39 is 9.52 Å². The van der Waals surface area contributed by atoms with Crippen molar-refractivity contribution in [1.82, 2.24) is 4.98 Å². The summed E-state index contributed by atoms with van der Waals surface area (Å²) in [5.41, 5.74) is 2.40. The van der Waals surface area contributed by atoms with Gasteiger partial charge in [0.05, 0.1) is 11.9 Å². The fourth-order valence-electron chi connectivity index (χ4n) is 1.96. The number of pyridine rings is 1. The molecule has 17 heavy (non-hydrogen) atoms. The first-order chi connectivity index (χ1) is 7.98. The van der Waals surface area contributed by atoms with Gasteiger partial charge in [-0.3, -0.25) is 9.19 Å². The minimum absolute atomic E-state index is 0.490. The minimum atomic E-state index is -1.81. The molecule has 0 bridgehead atoms. The molecular weight excluding hydrogens is 232 g/mol. The van der Waals surface area contributed by atoms with Crippen LogP contribution in [0.25, 0.3) is 0 Å². The molecule has 1 aliphatic rings. The number of hydrogen-bond donors (Lipinski definition) is 0. The van der Waals surface area contributed by atoms with E-state index in [0.717, 1.165) is 18.8 Å².